The van der Waals surface area contributed by atoms with E-state index < -0.39 is 28.4 Å². The summed E-state index contributed by atoms with van der Waals surface area (Å²) in [6, 6.07) is 4.16. The predicted octanol–water partition coefficient (Wildman–Crippen LogP) is 2.24. The maximum Gasteiger partial charge on any atom is 0.327 e. The Morgan fingerprint density at radius 1 is 1.38 bits per heavy atom. The van der Waals surface area contributed by atoms with Crippen LogP contribution in [0.1, 0.15) is 26.3 Å². The van der Waals surface area contributed by atoms with Crippen molar-refractivity contribution in [2.24, 2.45) is 0 Å². The molecular weight excluding hydrogens is 297 g/mol. The van der Waals surface area contributed by atoms with Gasteiger partial charge in [0.15, 0.2) is 0 Å². The molecule has 0 unspecified atom stereocenters. The van der Waals surface area contributed by atoms with Crippen molar-refractivity contribution in [2.75, 3.05) is 16.6 Å². The number of hydrogen-bond acceptors (Lipinski definition) is 4. The van der Waals surface area contributed by atoms with E-state index in [-0.39, 0.29) is 17.5 Å². The molecule has 0 aliphatic heterocycles. The highest BCUT2D eigenvalue weighted by atomic mass is 32.2. The third-order valence-corrected chi connectivity index (χ3v) is 4.44. The Balaban J connectivity index is 3.18. The average molecular weight is 317 g/mol. The highest BCUT2D eigenvalue weighted by molar-refractivity contribution is 7.92. The summed E-state index contributed by atoms with van der Waals surface area (Å²) in [4.78, 5) is 11.7. The van der Waals surface area contributed by atoms with Crippen LogP contribution < -0.4 is 4.31 Å². The molecule has 0 N–H and O–H groups in total. The van der Waals surface area contributed by atoms with Crippen molar-refractivity contribution in [1.82, 2.24) is 0 Å². The monoisotopic (exact) mass is 317 g/mol. The average Bonchev–Trinajstić information content (AvgIpc) is 2.35. The van der Waals surface area contributed by atoms with E-state index in [0.29, 0.717) is 5.56 Å². The fourth-order valence-electron chi connectivity index (χ4n) is 1.72. The first kappa shape index (κ1) is 17.4. The van der Waals surface area contributed by atoms with E-state index in [2.05, 4.69) is 0 Å². The number of esters is 1. The molecule has 0 aliphatic carbocycles. The number of sulfonamides is 1. The van der Waals surface area contributed by atoms with Gasteiger partial charge in [0.05, 0.1) is 17.5 Å². The van der Waals surface area contributed by atoms with Crippen LogP contribution in [0.5, 0.6) is 0 Å². The Hall–Kier alpha value is -1.63. The summed E-state index contributed by atoms with van der Waals surface area (Å²) in [6.07, 6.45) is -0.369. The standard InChI is InChI=1S/C14H20FNO4S/c1-5-21(18,19)16(9-14(17)20-10(2)3)13-7-6-11(4)8-12(13)15/h6-8,10H,5,9H2,1-4H3. The summed E-state index contributed by atoms with van der Waals surface area (Å²) in [6.45, 7) is 5.89. The van der Waals surface area contributed by atoms with Crippen molar-refractivity contribution < 1.29 is 22.3 Å². The molecule has 118 valence electrons. The number of nitrogens with zero attached hydrogens (tertiary/aromatic N) is 1. The van der Waals surface area contributed by atoms with Crippen LogP contribution in [0.15, 0.2) is 18.2 Å². The van der Waals surface area contributed by atoms with Gasteiger partial charge in [0, 0.05) is 0 Å². The second-order valence-corrected chi connectivity index (χ2v) is 7.08. The zero-order chi connectivity index (χ0) is 16.2. The Kier molecular flexibility index (Phi) is 5.71. The number of anilines is 1. The molecule has 0 saturated carbocycles. The summed E-state index contributed by atoms with van der Waals surface area (Å²) in [5.74, 6) is -1.65. The second kappa shape index (κ2) is 6.89. The Morgan fingerprint density at radius 2 is 2.00 bits per heavy atom. The maximum atomic E-state index is 14.0. The predicted molar refractivity (Wildman–Crippen MR) is 79.2 cm³/mol. The minimum absolute atomic E-state index is 0.150. The van der Waals surface area contributed by atoms with Crippen LogP contribution in [-0.2, 0) is 19.6 Å². The fourth-order valence-corrected chi connectivity index (χ4v) is 2.78. The molecule has 0 saturated heterocycles. The van der Waals surface area contributed by atoms with E-state index in [4.69, 9.17) is 4.74 Å². The van der Waals surface area contributed by atoms with Gasteiger partial charge in [-0.15, -0.1) is 0 Å². The van der Waals surface area contributed by atoms with Gasteiger partial charge in [0.25, 0.3) is 0 Å². The van der Waals surface area contributed by atoms with Crippen molar-refractivity contribution in [3.8, 4) is 0 Å². The third-order valence-electron chi connectivity index (χ3n) is 2.71. The highest BCUT2D eigenvalue weighted by Gasteiger charge is 2.26. The van der Waals surface area contributed by atoms with Gasteiger partial charge in [-0.3, -0.25) is 9.10 Å². The Bertz CT molecular complexity index is 613. The highest BCUT2D eigenvalue weighted by Crippen LogP contribution is 2.23. The van der Waals surface area contributed by atoms with Crippen LogP contribution in [-0.4, -0.2) is 32.8 Å². The smallest absolute Gasteiger partial charge is 0.327 e. The van der Waals surface area contributed by atoms with Crippen LogP contribution in [0.25, 0.3) is 0 Å². The van der Waals surface area contributed by atoms with Crippen LogP contribution in [0.2, 0.25) is 0 Å². The van der Waals surface area contributed by atoms with Crippen LogP contribution in [0.4, 0.5) is 10.1 Å². The van der Waals surface area contributed by atoms with Crippen molar-refractivity contribution >= 4 is 21.7 Å². The van der Waals surface area contributed by atoms with Gasteiger partial charge >= 0.3 is 5.97 Å². The summed E-state index contributed by atoms with van der Waals surface area (Å²) < 4.78 is 43.9. The molecule has 1 aromatic carbocycles. The molecule has 7 heteroatoms. The number of rotatable bonds is 6. The van der Waals surface area contributed by atoms with Crippen LogP contribution in [0, 0.1) is 12.7 Å². The number of hydrogen-bond donors (Lipinski definition) is 0. The molecule has 0 radical (unpaired) electrons. The van der Waals surface area contributed by atoms with Crippen LogP contribution >= 0.6 is 0 Å². The van der Waals surface area contributed by atoms with Crippen molar-refractivity contribution in [3.63, 3.8) is 0 Å². The lowest BCUT2D eigenvalue weighted by Gasteiger charge is -2.24. The number of halogens is 1. The fraction of sp³-hybridized carbons (Fsp3) is 0.500. The molecule has 1 rings (SSSR count). The van der Waals surface area contributed by atoms with E-state index in [9.17, 15) is 17.6 Å². The topological polar surface area (TPSA) is 63.7 Å². The van der Waals surface area contributed by atoms with E-state index in [1.54, 1.807) is 26.8 Å². The summed E-state index contributed by atoms with van der Waals surface area (Å²) in [7, 11) is -3.79. The molecule has 0 heterocycles. The van der Waals surface area contributed by atoms with Gasteiger partial charge in [-0.25, -0.2) is 12.8 Å². The van der Waals surface area contributed by atoms with Gasteiger partial charge in [0.2, 0.25) is 10.0 Å². The zero-order valence-electron chi connectivity index (χ0n) is 12.6. The quantitative estimate of drug-likeness (QED) is 0.755. The normalized spacial score (nSPS) is 11.5. The van der Waals surface area contributed by atoms with Gasteiger partial charge < -0.3 is 4.74 Å². The molecule has 0 amide bonds. The van der Waals surface area contributed by atoms with Gasteiger partial charge in [-0.1, -0.05) is 6.07 Å². The summed E-state index contributed by atoms with van der Waals surface area (Å²) >= 11 is 0. The van der Waals surface area contributed by atoms with Crippen LogP contribution in [0.3, 0.4) is 0 Å². The summed E-state index contributed by atoms with van der Waals surface area (Å²) in [5, 5.41) is 0. The largest absolute Gasteiger partial charge is 0.462 e. The minimum Gasteiger partial charge on any atom is -0.462 e. The molecule has 0 bridgehead atoms. The molecule has 0 fully saturated rings. The molecule has 5 nitrogen and oxygen atoms in total. The molecule has 0 aliphatic rings. The van der Waals surface area contributed by atoms with Gasteiger partial charge in [-0.2, -0.15) is 0 Å². The maximum absolute atomic E-state index is 14.0. The Morgan fingerprint density at radius 3 is 2.48 bits per heavy atom. The molecule has 0 atom stereocenters. The second-order valence-electron chi connectivity index (χ2n) is 4.90. The SMILES string of the molecule is CCS(=O)(=O)N(CC(=O)OC(C)C)c1ccc(C)cc1F. The van der Waals surface area contributed by atoms with E-state index >= 15 is 0 Å². The number of aryl methyl sites for hydroxylation is 1. The minimum atomic E-state index is -3.79. The van der Waals surface area contributed by atoms with E-state index in [1.165, 1.54) is 19.1 Å². The van der Waals surface area contributed by atoms with Crippen molar-refractivity contribution in [2.45, 2.75) is 33.8 Å². The zero-order valence-corrected chi connectivity index (χ0v) is 13.4. The van der Waals surface area contributed by atoms with Gasteiger partial charge in [-0.05, 0) is 45.4 Å². The third kappa shape index (κ3) is 4.70. The molecule has 1 aromatic rings. The number of ether oxygens (including phenoxy) is 1. The lowest BCUT2D eigenvalue weighted by Crippen LogP contribution is -2.38. The molecule has 0 aromatic heterocycles. The number of carbonyl (C=O) groups excluding carboxylic acids is 1. The first-order valence-corrected chi connectivity index (χ1v) is 8.24. The number of benzene rings is 1. The van der Waals surface area contributed by atoms with Crippen molar-refractivity contribution in [3.05, 3.63) is 29.6 Å². The first-order valence-electron chi connectivity index (χ1n) is 6.63. The lowest BCUT2D eigenvalue weighted by molar-refractivity contribution is -0.145. The van der Waals surface area contributed by atoms with Gasteiger partial charge in [0.1, 0.15) is 12.4 Å². The lowest BCUT2D eigenvalue weighted by atomic mass is 10.2. The van der Waals surface area contributed by atoms with E-state index in [1.807, 2.05) is 0 Å². The number of carbonyl (C=O) groups is 1. The molecule has 0 spiro atoms. The Labute approximate surface area is 124 Å². The molecular formula is C14H20FNO4S. The van der Waals surface area contributed by atoms with E-state index in [0.717, 1.165) is 4.31 Å². The first-order chi connectivity index (χ1) is 9.67. The summed E-state index contributed by atoms with van der Waals surface area (Å²) in [5.41, 5.74) is 0.512. The van der Waals surface area contributed by atoms with Crippen molar-refractivity contribution in [1.29, 1.82) is 0 Å². The molecule has 21 heavy (non-hydrogen) atoms.